The number of hydrogen-bond donors (Lipinski definition) is 4. The molecule has 174 valence electrons. The van der Waals surface area contributed by atoms with Gasteiger partial charge in [0.2, 0.25) is 12.1 Å². The van der Waals surface area contributed by atoms with Crippen LogP contribution in [-0.4, -0.2) is 81.8 Å². The Labute approximate surface area is 178 Å². The molecule has 0 spiro atoms. The summed E-state index contributed by atoms with van der Waals surface area (Å²) in [7, 11) is 0. The van der Waals surface area contributed by atoms with E-state index in [2.05, 4.69) is 0 Å². The molecule has 0 unspecified atom stereocenters. The van der Waals surface area contributed by atoms with Gasteiger partial charge in [-0.3, -0.25) is 4.79 Å². The number of aliphatic hydroxyl groups excluding tert-OH is 3. The van der Waals surface area contributed by atoms with Crippen molar-refractivity contribution in [1.29, 1.82) is 0 Å². The lowest BCUT2D eigenvalue weighted by Crippen LogP contribution is -2.60. The van der Waals surface area contributed by atoms with E-state index in [9.17, 15) is 34.8 Å². The Bertz CT molecular complexity index is 735. The van der Waals surface area contributed by atoms with Crippen LogP contribution in [0, 0.1) is 17.8 Å². The lowest BCUT2D eigenvalue weighted by atomic mass is 9.83. The first kappa shape index (κ1) is 23.6. The molecule has 1 aliphatic carbocycles. The van der Waals surface area contributed by atoms with E-state index in [1.165, 1.54) is 6.92 Å². The SMILES string of the molecule is CCC(=O)C(=O)OC[C@H]1O[C@@H](O[C@H]2OC=C(C(=O)O)[C@@H]3CC[C@H](C)[C@H]23)[C@H](O)[C@@H](O)[C@@H]1O. The minimum Gasteiger partial charge on any atom is -0.478 e. The van der Waals surface area contributed by atoms with Crippen molar-refractivity contribution in [2.45, 2.75) is 70.1 Å². The van der Waals surface area contributed by atoms with Crippen molar-refractivity contribution in [3.63, 3.8) is 0 Å². The molecule has 0 aromatic heterocycles. The maximum Gasteiger partial charge on any atom is 0.374 e. The van der Waals surface area contributed by atoms with Crippen LogP contribution in [-0.2, 0) is 33.3 Å². The lowest BCUT2D eigenvalue weighted by Gasteiger charge is -2.43. The van der Waals surface area contributed by atoms with Crippen molar-refractivity contribution in [3.05, 3.63) is 11.8 Å². The van der Waals surface area contributed by atoms with E-state index in [0.29, 0.717) is 6.42 Å². The van der Waals surface area contributed by atoms with Gasteiger partial charge in [0, 0.05) is 18.3 Å². The zero-order valence-electron chi connectivity index (χ0n) is 17.2. The van der Waals surface area contributed by atoms with Gasteiger partial charge in [-0.2, -0.15) is 0 Å². The van der Waals surface area contributed by atoms with Gasteiger partial charge in [-0.25, -0.2) is 9.59 Å². The van der Waals surface area contributed by atoms with Crippen molar-refractivity contribution in [3.8, 4) is 0 Å². The third-order valence-corrected chi connectivity index (χ3v) is 6.21. The Morgan fingerprint density at radius 3 is 2.45 bits per heavy atom. The maximum atomic E-state index is 11.6. The number of carboxylic acid groups (broad SMARTS) is 1. The Hall–Kier alpha value is -2.05. The summed E-state index contributed by atoms with van der Waals surface area (Å²) < 4.78 is 21.6. The molecule has 0 aromatic carbocycles. The normalized spacial score (nSPS) is 39.8. The molecule has 2 aliphatic heterocycles. The second-order valence-electron chi connectivity index (χ2n) is 8.15. The minimum absolute atomic E-state index is 0.0500. The second-order valence-corrected chi connectivity index (χ2v) is 8.15. The first-order valence-electron chi connectivity index (χ1n) is 10.3. The topological polar surface area (TPSA) is 169 Å². The van der Waals surface area contributed by atoms with Gasteiger partial charge in [0.25, 0.3) is 0 Å². The molecular formula is C20H28O11. The smallest absolute Gasteiger partial charge is 0.374 e. The number of esters is 1. The predicted octanol–water partition coefficient (Wildman–Crippen LogP) is -0.680. The summed E-state index contributed by atoms with van der Waals surface area (Å²) in [5, 5.41) is 40.1. The molecule has 3 rings (SSSR count). The summed E-state index contributed by atoms with van der Waals surface area (Å²) in [4.78, 5) is 34.4. The molecule has 0 radical (unpaired) electrons. The molecule has 11 heteroatoms. The highest BCUT2D eigenvalue weighted by Gasteiger charge is 2.51. The number of fused-ring (bicyclic) bond motifs is 1. The maximum absolute atomic E-state index is 11.6. The molecule has 2 fully saturated rings. The van der Waals surface area contributed by atoms with Gasteiger partial charge in [-0.15, -0.1) is 0 Å². The van der Waals surface area contributed by atoms with E-state index in [1.807, 2.05) is 6.92 Å². The van der Waals surface area contributed by atoms with Crippen molar-refractivity contribution in [2.75, 3.05) is 6.61 Å². The van der Waals surface area contributed by atoms with Gasteiger partial charge >= 0.3 is 11.9 Å². The fourth-order valence-electron chi connectivity index (χ4n) is 4.38. The Morgan fingerprint density at radius 1 is 1.10 bits per heavy atom. The molecule has 0 amide bonds. The third-order valence-electron chi connectivity index (χ3n) is 6.21. The van der Waals surface area contributed by atoms with E-state index >= 15 is 0 Å². The molecule has 1 saturated heterocycles. The van der Waals surface area contributed by atoms with Crippen LogP contribution < -0.4 is 0 Å². The summed E-state index contributed by atoms with van der Waals surface area (Å²) in [6.45, 7) is 2.90. The van der Waals surface area contributed by atoms with Gasteiger partial charge in [-0.1, -0.05) is 13.8 Å². The standard InChI is InChI=1S/C20H28O11/c1-3-11(21)18(27)28-7-12-14(22)15(23)16(24)20(30-12)31-19-13-8(2)4-5-9(13)10(6-29-19)17(25)26/h6,8-9,12-16,19-20,22-24H,3-5,7H2,1-2H3,(H,25,26)/t8-,9-,12+,13-,14+,15-,16+,19+,20-/m0/s1. The number of carbonyl (C=O) groups is 3. The predicted molar refractivity (Wildman–Crippen MR) is 100.0 cm³/mol. The zero-order valence-corrected chi connectivity index (χ0v) is 17.2. The Morgan fingerprint density at radius 2 is 1.81 bits per heavy atom. The Balaban J connectivity index is 1.70. The first-order valence-corrected chi connectivity index (χ1v) is 10.3. The van der Waals surface area contributed by atoms with Gasteiger partial charge < -0.3 is 39.4 Å². The van der Waals surface area contributed by atoms with Crippen molar-refractivity contribution >= 4 is 17.7 Å². The summed E-state index contributed by atoms with van der Waals surface area (Å²) in [5.41, 5.74) is 0.153. The fraction of sp³-hybridized carbons (Fsp3) is 0.750. The molecule has 1 saturated carbocycles. The molecule has 0 aromatic rings. The van der Waals surface area contributed by atoms with Gasteiger partial charge in [-0.05, 0) is 18.8 Å². The van der Waals surface area contributed by atoms with Gasteiger partial charge in [0.1, 0.15) is 31.0 Å². The fourth-order valence-corrected chi connectivity index (χ4v) is 4.38. The van der Waals surface area contributed by atoms with Crippen LogP contribution in [0.2, 0.25) is 0 Å². The van der Waals surface area contributed by atoms with Crippen LogP contribution in [0.5, 0.6) is 0 Å². The average Bonchev–Trinajstić information content (AvgIpc) is 3.14. The number of ketones is 1. The molecule has 11 nitrogen and oxygen atoms in total. The van der Waals surface area contributed by atoms with E-state index in [-0.39, 0.29) is 29.7 Å². The number of aliphatic hydroxyl groups is 3. The molecular weight excluding hydrogens is 416 g/mol. The van der Waals surface area contributed by atoms with Crippen molar-refractivity contribution in [1.82, 2.24) is 0 Å². The quantitative estimate of drug-likeness (QED) is 0.290. The minimum atomic E-state index is -1.67. The van der Waals surface area contributed by atoms with Crippen LogP contribution in [0.4, 0.5) is 0 Å². The number of ether oxygens (including phenoxy) is 4. The highest BCUT2D eigenvalue weighted by molar-refractivity contribution is 6.33. The molecule has 9 atom stereocenters. The molecule has 4 N–H and O–H groups in total. The highest BCUT2D eigenvalue weighted by Crippen LogP contribution is 2.47. The zero-order chi connectivity index (χ0) is 22.9. The van der Waals surface area contributed by atoms with E-state index < -0.39 is 61.3 Å². The van der Waals surface area contributed by atoms with E-state index in [4.69, 9.17) is 18.9 Å². The van der Waals surface area contributed by atoms with Gasteiger partial charge in [0.05, 0.1) is 11.8 Å². The molecule has 2 heterocycles. The van der Waals surface area contributed by atoms with Crippen LogP contribution in [0.3, 0.4) is 0 Å². The van der Waals surface area contributed by atoms with Crippen molar-refractivity contribution < 1.29 is 53.8 Å². The van der Waals surface area contributed by atoms with E-state index in [1.54, 1.807) is 0 Å². The van der Waals surface area contributed by atoms with Crippen LogP contribution in [0.15, 0.2) is 11.8 Å². The molecule has 31 heavy (non-hydrogen) atoms. The average molecular weight is 444 g/mol. The summed E-state index contributed by atoms with van der Waals surface area (Å²) in [6, 6.07) is 0. The Kier molecular flexibility index (Phi) is 7.32. The molecule has 0 bridgehead atoms. The summed E-state index contributed by atoms with van der Waals surface area (Å²) >= 11 is 0. The number of hydrogen-bond acceptors (Lipinski definition) is 10. The van der Waals surface area contributed by atoms with Crippen LogP contribution >= 0.6 is 0 Å². The van der Waals surface area contributed by atoms with Crippen LogP contribution in [0.1, 0.15) is 33.1 Å². The van der Waals surface area contributed by atoms with Crippen LogP contribution in [0.25, 0.3) is 0 Å². The third kappa shape index (κ3) is 4.75. The van der Waals surface area contributed by atoms with E-state index in [0.717, 1.165) is 12.7 Å². The number of carbonyl (C=O) groups excluding carboxylic acids is 2. The van der Waals surface area contributed by atoms with Gasteiger partial charge in [0.15, 0.2) is 6.29 Å². The number of Topliss-reactive ketones (excluding diaryl/α,β-unsaturated/α-hetero) is 1. The second kappa shape index (κ2) is 9.61. The largest absolute Gasteiger partial charge is 0.478 e. The molecule has 3 aliphatic rings. The number of aliphatic carboxylic acids is 1. The highest BCUT2D eigenvalue weighted by atomic mass is 16.8. The number of rotatable bonds is 7. The lowest BCUT2D eigenvalue weighted by molar-refractivity contribution is -0.342. The number of carboxylic acids is 1. The monoisotopic (exact) mass is 444 g/mol. The summed E-state index contributed by atoms with van der Waals surface area (Å²) in [5.74, 6) is -3.45. The summed E-state index contributed by atoms with van der Waals surface area (Å²) in [6.07, 6.45) is -6.06. The van der Waals surface area contributed by atoms with Crippen molar-refractivity contribution in [2.24, 2.45) is 17.8 Å². The first-order chi connectivity index (χ1) is 14.6.